The van der Waals surface area contributed by atoms with E-state index < -0.39 is 11.6 Å². The van der Waals surface area contributed by atoms with E-state index in [2.05, 4.69) is 19.2 Å². The molecule has 0 aromatic heterocycles. The van der Waals surface area contributed by atoms with E-state index in [-0.39, 0.29) is 16.4 Å². The number of hydrogen-bond acceptors (Lipinski definition) is 2. The van der Waals surface area contributed by atoms with Gasteiger partial charge in [0, 0.05) is 22.9 Å². The van der Waals surface area contributed by atoms with E-state index in [9.17, 15) is 8.78 Å². The Morgan fingerprint density at radius 1 is 1.29 bits per heavy atom. The largest absolute Gasteiger partial charge is 0.309 e. The van der Waals surface area contributed by atoms with Gasteiger partial charge in [-0.25, -0.2) is 8.78 Å². The first-order chi connectivity index (χ1) is 7.87. The van der Waals surface area contributed by atoms with Gasteiger partial charge in [-0.3, -0.25) is 0 Å². The van der Waals surface area contributed by atoms with E-state index in [1.54, 1.807) is 18.7 Å². The average Bonchev–Trinajstić information content (AvgIpc) is 2.26. The first-order valence-electron chi connectivity index (χ1n) is 5.60. The molecule has 0 amide bonds. The Morgan fingerprint density at radius 2 is 1.82 bits per heavy atom. The lowest BCUT2D eigenvalue weighted by Crippen LogP contribution is -2.34. The van der Waals surface area contributed by atoms with Crippen molar-refractivity contribution < 1.29 is 8.78 Å². The zero-order valence-electron chi connectivity index (χ0n) is 10.7. The van der Waals surface area contributed by atoms with Gasteiger partial charge in [0.25, 0.3) is 0 Å². The molecule has 1 aromatic carbocycles. The maximum Gasteiger partial charge on any atom is 0.130 e. The topological polar surface area (TPSA) is 12.0 Å². The molecule has 0 heterocycles. The molecular weight excluding hydrogens is 240 g/mol. The third kappa shape index (κ3) is 3.96. The van der Waals surface area contributed by atoms with E-state index in [1.165, 1.54) is 18.2 Å². The van der Waals surface area contributed by atoms with Crippen molar-refractivity contribution in [3.8, 4) is 0 Å². The number of nitrogens with one attached hydrogen (secondary N) is 1. The van der Waals surface area contributed by atoms with Crippen LogP contribution in [0.1, 0.15) is 32.4 Å². The normalized spacial score (nSPS) is 13.8. The number of benzene rings is 1. The third-order valence-corrected chi connectivity index (χ3v) is 4.07. The lowest BCUT2D eigenvalue weighted by molar-refractivity contribution is 0.470. The Kier molecular flexibility index (Phi) is 4.95. The van der Waals surface area contributed by atoms with E-state index in [0.29, 0.717) is 6.54 Å². The van der Waals surface area contributed by atoms with Crippen molar-refractivity contribution in [2.45, 2.75) is 31.6 Å². The van der Waals surface area contributed by atoms with Gasteiger partial charge >= 0.3 is 0 Å². The fraction of sp³-hybridized carbons (Fsp3) is 0.538. The molecule has 1 rings (SSSR count). The predicted molar refractivity (Wildman–Crippen MR) is 70.4 cm³/mol. The van der Waals surface area contributed by atoms with Crippen LogP contribution in [0.2, 0.25) is 0 Å². The molecule has 1 nitrogen and oxygen atoms in total. The molecule has 96 valence electrons. The lowest BCUT2D eigenvalue weighted by Gasteiger charge is -2.25. The molecule has 0 radical (unpaired) electrons. The second-order valence-corrected chi connectivity index (χ2v) is 6.22. The molecule has 1 N–H and O–H groups in total. The highest BCUT2D eigenvalue weighted by atomic mass is 32.2. The van der Waals surface area contributed by atoms with Crippen LogP contribution in [0, 0.1) is 11.6 Å². The zero-order valence-corrected chi connectivity index (χ0v) is 11.5. The van der Waals surface area contributed by atoms with Crippen molar-refractivity contribution in [1.82, 2.24) is 5.32 Å². The minimum Gasteiger partial charge on any atom is -0.309 e. The molecule has 0 spiro atoms. The molecule has 0 fully saturated rings. The summed E-state index contributed by atoms with van der Waals surface area (Å²) in [5, 5.41) is 3.17. The molecular formula is C13H19F2NS. The van der Waals surface area contributed by atoms with Crippen LogP contribution >= 0.6 is 11.8 Å². The standard InChI is InChI=1S/C13H19F2NS/c1-9(16-8-13(2,3)17-4)12-10(14)6-5-7-11(12)15/h5-7,9,16H,8H2,1-4H3. The first-order valence-corrected chi connectivity index (χ1v) is 6.82. The van der Waals surface area contributed by atoms with E-state index >= 15 is 0 Å². The summed E-state index contributed by atoms with van der Waals surface area (Å²) in [5.41, 5.74) is 0.115. The lowest BCUT2D eigenvalue weighted by atomic mass is 10.1. The van der Waals surface area contributed by atoms with Gasteiger partial charge in [0.05, 0.1) is 0 Å². The second-order valence-electron chi connectivity index (χ2n) is 4.70. The van der Waals surface area contributed by atoms with Crippen LogP contribution in [0.3, 0.4) is 0 Å². The highest BCUT2D eigenvalue weighted by Crippen LogP contribution is 2.24. The molecule has 1 unspecified atom stereocenters. The molecule has 1 aromatic rings. The molecule has 17 heavy (non-hydrogen) atoms. The molecule has 0 saturated heterocycles. The SMILES string of the molecule is CSC(C)(C)CNC(C)c1c(F)cccc1F. The van der Waals surface area contributed by atoms with Gasteiger partial charge in [0.2, 0.25) is 0 Å². The van der Waals surface area contributed by atoms with Gasteiger partial charge in [-0.15, -0.1) is 0 Å². The average molecular weight is 259 g/mol. The monoisotopic (exact) mass is 259 g/mol. The predicted octanol–water partition coefficient (Wildman–Crippen LogP) is 3.76. The second kappa shape index (κ2) is 5.83. The minimum atomic E-state index is -0.494. The van der Waals surface area contributed by atoms with E-state index in [0.717, 1.165) is 0 Å². The molecule has 0 saturated carbocycles. The Balaban J connectivity index is 2.74. The molecule has 4 heteroatoms. The van der Waals surface area contributed by atoms with Gasteiger partial charge in [-0.2, -0.15) is 11.8 Å². The van der Waals surface area contributed by atoms with Crippen LogP contribution in [0.25, 0.3) is 0 Å². The van der Waals surface area contributed by atoms with Gasteiger partial charge in [0.15, 0.2) is 0 Å². The van der Waals surface area contributed by atoms with Crippen molar-refractivity contribution in [1.29, 1.82) is 0 Å². The third-order valence-electron chi connectivity index (χ3n) is 2.82. The van der Waals surface area contributed by atoms with Crippen molar-refractivity contribution in [2.75, 3.05) is 12.8 Å². The Morgan fingerprint density at radius 3 is 2.29 bits per heavy atom. The molecule has 0 aliphatic rings. The molecule has 1 atom stereocenters. The summed E-state index contributed by atoms with van der Waals surface area (Å²) in [7, 11) is 0. The van der Waals surface area contributed by atoms with E-state index in [4.69, 9.17) is 0 Å². The Bertz CT molecular complexity index is 359. The quantitative estimate of drug-likeness (QED) is 0.864. The number of hydrogen-bond donors (Lipinski definition) is 1. The highest BCUT2D eigenvalue weighted by molar-refractivity contribution is 7.99. The van der Waals surface area contributed by atoms with Crippen LogP contribution < -0.4 is 5.32 Å². The number of thioether (sulfide) groups is 1. The summed E-state index contributed by atoms with van der Waals surface area (Å²) in [4.78, 5) is 0. The molecule has 0 aliphatic heterocycles. The molecule has 0 bridgehead atoms. The summed E-state index contributed by atoms with van der Waals surface area (Å²) >= 11 is 1.72. The van der Waals surface area contributed by atoms with Crippen LogP contribution in [0.4, 0.5) is 8.78 Å². The van der Waals surface area contributed by atoms with Crippen LogP contribution in [-0.4, -0.2) is 17.5 Å². The summed E-state index contributed by atoms with van der Waals surface area (Å²) < 4.78 is 27.1. The maximum atomic E-state index is 13.5. The maximum absolute atomic E-state index is 13.5. The Hall–Kier alpha value is -0.610. The van der Waals surface area contributed by atoms with Crippen molar-refractivity contribution in [3.05, 3.63) is 35.4 Å². The van der Waals surface area contributed by atoms with Gasteiger partial charge in [0.1, 0.15) is 11.6 Å². The molecule has 0 aliphatic carbocycles. The van der Waals surface area contributed by atoms with E-state index in [1.807, 2.05) is 6.26 Å². The van der Waals surface area contributed by atoms with Crippen molar-refractivity contribution in [3.63, 3.8) is 0 Å². The van der Waals surface area contributed by atoms with Crippen LogP contribution in [-0.2, 0) is 0 Å². The Labute approximate surface area is 106 Å². The van der Waals surface area contributed by atoms with Gasteiger partial charge in [-0.05, 0) is 39.2 Å². The zero-order chi connectivity index (χ0) is 13.1. The fourth-order valence-corrected chi connectivity index (χ4v) is 1.73. The summed E-state index contributed by atoms with van der Waals surface area (Å²) in [5.74, 6) is -0.987. The first kappa shape index (κ1) is 14.5. The van der Waals surface area contributed by atoms with Crippen LogP contribution in [0.5, 0.6) is 0 Å². The smallest absolute Gasteiger partial charge is 0.130 e. The highest BCUT2D eigenvalue weighted by Gasteiger charge is 2.20. The van der Waals surface area contributed by atoms with Gasteiger partial charge in [-0.1, -0.05) is 6.07 Å². The number of halogens is 2. The van der Waals surface area contributed by atoms with Gasteiger partial charge < -0.3 is 5.32 Å². The minimum absolute atomic E-state index is 0.0516. The fourth-order valence-electron chi connectivity index (χ4n) is 1.50. The summed E-state index contributed by atoms with van der Waals surface area (Å²) in [6.45, 7) is 6.66. The number of rotatable bonds is 5. The van der Waals surface area contributed by atoms with Crippen molar-refractivity contribution >= 4 is 11.8 Å². The van der Waals surface area contributed by atoms with Crippen molar-refractivity contribution in [2.24, 2.45) is 0 Å². The van der Waals surface area contributed by atoms with Crippen LogP contribution in [0.15, 0.2) is 18.2 Å². The summed E-state index contributed by atoms with van der Waals surface area (Å²) in [6, 6.07) is 3.63. The summed E-state index contributed by atoms with van der Waals surface area (Å²) in [6.07, 6.45) is 2.02.